The summed E-state index contributed by atoms with van der Waals surface area (Å²) in [4.78, 5) is 13.1. The standard InChI is InChI=1S/C12H23N5/c1-6-10-14-11(13)9(2)12(15-10)17(5)8-7-16(3)4/h6-8H2,1-5H3,(H2,13,14,15). The van der Waals surface area contributed by atoms with Crippen molar-refractivity contribution in [2.24, 2.45) is 0 Å². The molecule has 0 fully saturated rings. The molecule has 5 heteroatoms. The van der Waals surface area contributed by atoms with Gasteiger partial charge in [-0.25, -0.2) is 9.97 Å². The molecular formula is C12H23N5. The summed E-state index contributed by atoms with van der Waals surface area (Å²) in [7, 11) is 6.16. The van der Waals surface area contributed by atoms with E-state index in [0.29, 0.717) is 5.82 Å². The Morgan fingerprint density at radius 1 is 1.12 bits per heavy atom. The van der Waals surface area contributed by atoms with E-state index in [0.717, 1.165) is 36.7 Å². The highest BCUT2D eigenvalue weighted by molar-refractivity contribution is 5.56. The van der Waals surface area contributed by atoms with Crippen molar-refractivity contribution < 1.29 is 0 Å². The number of rotatable bonds is 5. The fourth-order valence-electron chi connectivity index (χ4n) is 1.55. The molecule has 1 aromatic rings. The SMILES string of the molecule is CCc1nc(N)c(C)c(N(C)CCN(C)C)n1. The highest BCUT2D eigenvalue weighted by Gasteiger charge is 2.11. The lowest BCUT2D eigenvalue weighted by atomic mass is 10.2. The lowest BCUT2D eigenvalue weighted by molar-refractivity contribution is 0.416. The Morgan fingerprint density at radius 2 is 1.76 bits per heavy atom. The van der Waals surface area contributed by atoms with E-state index in [4.69, 9.17) is 5.73 Å². The second-order valence-electron chi connectivity index (χ2n) is 4.55. The molecule has 0 saturated carbocycles. The fraction of sp³-hybridized carbons (Fsp3) is 0.667. The summed E-state index contributed by atoms with van der Waals surface area (Å²) in [6.45, 7) is 5.92. The normalized spacial score (nSPS) is 10.9. The van der Waals surface area contributed by atoms with Crippen molar-refractivity contribution in [1.29, 1.82) is 0 Å². The van der Waals surface area contributed by atoms with Gasteiger partial charge in [-0.05, 0) is 21.0 Å². The molecule has 0 saturated heterocycles. The Labute approximate surface area is 104 Å². The van der Waals surface area contributed by atoms with Crippen LogP contribution in [0.2, 0.25) is 0 Å². The first-order valence-electron chi connectivity index (χ1n) is 5.94. The van der Waals surface area contributed by atoms with Gasteiger partial charge in [-0.1, -0.05) is 6.92 Å². The minimum atomic E-state index is 0.587. The van der Waals surface area contributed by atoms with E-state index in [2.05, 4.69) is 33.9 Å². The molecule has 1 rings (SSSR count). The Bertz CT molecular complexity index is 375. The zero-order chi connectivity index (χ0) is 13.0. The van der Waals surface area contributed by atoms with E-state index in [1.54, 1.807) is 0 Å². The third-order valence-corrected chi connectivity index (χ3v) is 2.76. The number of likely N-dealkylation sites (N-methyl/N-ethyl adjacent to an activating group) is 2. The number of nitrogens with two attached hydrogens (primary N) is 1. The number of aromatic nitrogens is 2. The summed E-state index contributed by atoms with van der Waals surface area (Å²) < 4.78 is 0. The van der Waals surface area contributed by atoms with Crippen molar-refractivity contribution in [3.8, 4) is 0 Å². The van der Waals surface area contributed by atoms with Crippen LogP contribution >= 0.6 is 0 Å². The molecule has 5 nitrogen and oxygen atoms in total. The van der Waals surface area contributed by atoms with Gasteiger partial charge in [0, 0.05) is 32.1 Å². The molecule has 0 radical (unpaired) electrons. The van der Waals surface area contributed by atoms with Crippen LogP contribution in [0.25, 0.3) is 0 Å². The first-order chi connectivity index (χ1) is 7.95. The summed E-state index contributed by atoms with van der Waals surface area (Å²) in [6.07, 6.45) is 0.805. The molecule has 2 N–H and O–H groups in total. The Balaban J connectivity index is 2.91. The number of hydrogen-bond donors (Lipinski definition) is 1. The molecule has 17 heavy (non-hydrogen) atoms. The van der Waals surface area contributed by atoms with Crippen LogP contribution in [0.4, 0.5) is 11.6 Å². The van der Waals surface area contributed by atoms with Gasteiger partial charge >= 0.3 is 0 Å². The summed E-state index contributed by atoms with van der Waals surface area (Å²) in [5, 5.41) is 0. The number of nitrogens with zero attached hydrogens (tertiary/aromatic N) is 4. The molecule has 0 aliphatic carbocycles. The van der Waals surface area contributed by atoms with Crippen LogP contribution in [-0.4, -0.2) is 49.1 Å². The van der Waals surface area contributed by atoms with Gasteiger partial charge in [0.25, 0.3) is 0 Å². The third-order valence-electron chi connectivity index (χ3n) is 2.76. The maximum Gasteiger partial charge on any atom is 0.137 e. The molecule has 1 aromatic heterocycles. The predicted molar refractivity (Wildman–Crippen MR) is 72.4 cm³/mol. The average Bonchev–Trinajstić information content (AvgIpc) is 2.29. The van der Waals surface area contributed by atoms with E-state index in [1.165, 1.54) is 0 Å². The zero-order valence-corrected chi connectivity index (χ0v) is 11.5. The molecule has 0 amide bonds. The van der Waals surface area contributed by atoms with E-state index in [-0.39, 0.29) is 0 Å². The zero-order valence-electron chi connectivity index (χ0n) is 11.5. The van der Waals surface area contributed by atoms with Crippen LogP contribution in [0.15, 0.2) is 0 Å². The number of hydrogen-bond acceptors (Lipinski definition) is 5. The largest absolute Gasteiger partial charge is 0.383 e. The van der Waals surface area contributed by atoms with E-state index in [1.807, 2.05) is 20.9 Å². The van der Waals surface area contributed by atoms with Crippen molar-refractivity contribution >= 4 is 11.6 Å². The molecule has 0 unspecified atom stereocenters. The van der Waals surface area contributed by atoms with Gasteiger partial charge in [0.2, 0.25) is 0 Å². The molecule has 0 spiro atoms. The second-order valence-corrected chi connectivity index (χ2v) is 4.55. The van der Waals surface area contributed by atoms with Gasteiger partial charge in [-0.3, -0.25) is 0 Å². The topological polar surface area (TPSA) is 58.3 Å². The van der Waals surface area contributed by atoms with Crippen molar-refractivity contribution in [3.05, 3.63) is 11.4 Å². The Morgan fingerprint density at radius 3 is 2.29 bits per heavy atom. The van der Waals surface area contributed by atoms with Gasteiger partial charge in [-0.15, -0.1) is 0 Å². The monoisotopic (exact) mass is 237 g/mol. The van der Waals surface area contributed by atoms with Crippen LogP contribution in [0.5, 0.6) is 0 Å². The molecule has 1 heterocycles. The van der Waals surface area contributed by atoms with Gasteiger partial charge in [0.1, 0.15) is 17.5 Å². The second kappa shape index (κ2) is 5.82. The summed E-state index contributed by atoms with van der Waals surface area (Å²) in [5.74, 6) is 2.33. The first-order valence-corrected chi connectivity index (χ1v) is 5.94. The maximum atomic E-state index is 5.90. The predicted octanol–water partition coefficient (Wildman–Crippen LogP) is 0.927. The number of nitrogen functional groups attached to an aromatic ring is 1. The molecular weight excluding hydrogens is 214 g/mol. The quantitative estimate of drug-likeness (QED) is 0.825. The van der Waals surface area contributed by atoms with Crippen molar-refractivity contribution in [2.45, 2.75) is 20.3 Å². The van der Waals surface area contributed by atoms with Crippen LogP contribution in [0.3, 0.4) is 0 Å². The minimum Gasteiger partial charge on any atom is -0.383 e. The number of anilines is 2. The summed E-state index contributed by atoms with van der Waals surface area (Å²) in [6, 6.07) is 0. The minimum absolute atomic E-state index is 0.587. The number of aryl methyl sites for hydroxylation is 1. The summed E-state index contributed by atoms with van der Waals surface area (Å²) in [5.41, 5.74) is 6.86. The van der Waals surface area contributed by atoms with E-state index < -0.39 is 0 Å². The molecule has 0 atom stereocenters. The average molecular weight is 237 g/mol. The van der Waals surface area contributed by atoms with Crippen LogP contribution in [-0.2, 0) is 6.42 Å². The van der Waals surface area contributed by atoms with E-state index >= 15 is 0 Å². The van der Waals surface area contributed by atoms with Gasteiger partial charge in [0.15, 0.2) is 0 Å². The highest BCUT2D eigenvalue weighted by atomic mass is 15.2. The summed E-state index contributed by atoms with van der Waals surface area (Å²) >= 11 is 0. The lowest BCUT2D eigenvalue weighted by Crippen LogP contribution is -2.30. The third kappa shape index (κ3) is 3.56. The molecule has 0 aliphatic rings. The van der Waals surface area contributed by atoms with Gasteiger partial charge in [-0.2, -0.15) is 0 Å². The molecule has 0 bridgehead atoms. The van der Waals surface area contributed by atoms with E-state index in [9.17, 15) is 0 Å². The Kier molecular flexibility index (Phi) is 4.69. The van der Waals surface area contributed by atoms with Crippen molar-refractivity contribution in [3.63, 3.8) is 0 Å². The smallest absolute Gasteiger partial charge is 0.137 e. The molecule has 0 aliphatic heterocycles. The molecule has 96 valence electrons. The van der Waals surface area contributed by atoms with Crippen molar-refractivity contribution in [2.75, 3.05) is 44.9 Å². The van der Waals surface area contributed by atoms with Crippen LogP contribution in [0, 0.1) is 6.92 Å². The maximum absolute atomic E-state index is 5.90. The van der Waals surface area contributed by atoms with Crippen molar-refractivity contribution in [1.82, 2.24) is 14.9 Å². The lowest BCUT2D eigenvalue weighted by Gasteiger charge is -2.23. The molecule has 0 aromatic carbocycles. The highest BCUT2D eigenvalue weighted by Crippen LogP contribution is 2.20. The van der Waals surface area contributed by atoms with Crippen LogP contribution < -0.4 is 10.6 Å². The Hall–Kier alpha value is -1.36. The van der Waals surface area contributed by atoms with Crippen LogP contribution in [0.1, 0.15) is 18.3 Å². The first kappa shape index (κ1) is 13.7. The van der Waals surface area contributed by atoms with Gasteiger partial charge < -0.3 is 15.5 Å². The fourth-order valence-corrected chi connectivity index (χ4v) is 1.55. The van der Waals surface area contributed by atoms with Gasteiger partial charge in [0.05, 0.1) is 0 Å².